The lowest BCUT2D eigenvalue weighted by molar-refractivity contribution is -0.161. The molecule has 0 saturated carbocycles. The van der Waals surface area contributed by atoms with Gasteiger partial charge in [-0.25, -0.2) is 0 Å². The Balaban J connectivity index is 3.58. The molecule has 71 heavy (non-hydrogen) atoms. The van der Waals surface area contributed by atoms with Crippen LogP contribution in [0.25, 0.3) is 0 Å². The van der Waals surface area contributed by atoms with Gasteiger partial charge in [-0.3, -0.25) is 9.59 Å². The maximum atomic E-state index is 12.3. The number of carbonyl (C=O) groups excluding carboxylic acids is 2. The Labute approximate surface area is 440 Å². The third kappa shape index (κ3) is 59.0. The second kappa shape index (κ2) is 60.9. The van der Waals surface area contributed by atoms with E-state index in [4.69, 9.17) is 9.47 Å². The third-order valence-corrected chi connectivity index (χ3v) is 12.8. The highest BCUT2D eigenvalue weighted by molar-refractivity contribution is 5.70. The summed E-state index contributed by atoms with van der Waals surface area (Å²) < 4.78 is 10.7. The Morgan fingerprint density at radius 1 is 0.338 bits per heavy atom. The van der Waals surface area contributed by atoms with Crippen LogP contribution in [0, 0.1) is 0 Å². The molecule has 5 heteroatoms. The van der Waals surface area contributed by atoms with Gasteiger partial charge in [0.25, 0.3) is 0 Å². The number of unbranched alkanes of at least 4 members (excludes halogenated alkanes) is 28. The molecule has 0 aliphatic rings. The number of hydrogen-bond donors (Lipinski definition) is 1. The number of rotatable bonds is 54. The highest BCUT2D eigenvalue weighted by Gasteiger charge is 2.16. The minimum atomic E-state index is -0.797. The Kier molecular flexibility index (Phi) is 57.9. The van der Waals surface area contributed by atoms with Crippen LogP contribution >= 0.6 is 0 Å². The van der Waals surface area contributed by atoms with Gasteiger partial charge in [-0.05, 0) is 83.5 Å². The van der Waals surface area contributed by atoms with Crippen LogP contribution in [-0.2, 0) is 19.1 Å². The number of hydrogen-bond acceptors (Lipinski definition) is 5. The lowest BCUT2D eigenvalue weighted by Gasteiger charge is -2.15. The molecule has 0 radical (unpaired) electrons. The fraction of sp³-hybridized carbons (Fsp3) is 0.697. The van der Waals surface area contributed by atoms with Gasteiger partial charge in [0.15, 0.2) is 6.10 Å². The monoisotopic (exact) mass is 985 g/mol. The largest absolute Gasteiger partial charge is 0.462 e. The quantitative estimate of drug-likeness (QED) is 0.0373. The van der Waals surface area contributed by atoms with Crippen LogP contribution in [0.5, 0.6) is 0 Å². The molecule has 0 spiro atoms. The van der Waals surface area contributed by atoms with Crippen LogP contribution in [0.3, 0.4) is 0 Å². The van der Waals surface area contributed by atoms with E-state index in [1.165, 1.54) is 148 Å². The summed E-state index contributed by atoms with van der Waals surface area (Å²) in [4.78, 5) is 24.5. The van der Waals surface area contributed by atoms with Crippen LogP contribution in [0.1, 0.15) is 277 Å². The summed E-state index contributed by atoms with van der Waals surface area (Å²) >= 11 is 0. The molecule has 0 bridgehead atoms. The molecular formula is C66H112O5. The fourth-order valence-electron chi connectivity index (χ4n) is 8.37. The first-order chi connectivity index (χ1) is 35.1. The van der Waals surface area contributed by atoms with Crippen molar-refractivity contribution in [1.29, 1.82) is 0 Å². The molecule has 1 unspecified atom stereocenters. The number of aliphatic hydroxyl groups excluding tert-OH is 1. The van der Waals surface area contributed by atoms with Gasteiger partial charge in [0.2, 0.25) is 0 Å². The number of esters is 2. The van der Waals surface area contributed by atoms with E-state index in [1.807, 2.05) is 0 Å². The zero-order chi connectivity index (χ0) is 51.3. The Morgan fingerprint density at radius 3 is 0.915 bits per heavy atom. The molecule has 406 valence electrons. The Morgan fingerprint density at radius 2 is 0.606 bits per heavy atom. The molecule has 0 rings (SSSR count). The number of aliphatic hydroxyl groups is 1. The first-order valence-corrected chi connectivity index (χ1v) is 29.9. The highest BCUT2D eigenvalue weighted by Crippen LogP contribution is 2.17. The van der Waals surface area contributed by atoms with Gasteiger partial charge in [-0.2, -0.15) is 0 Å². The summed E-state index contributed by atoms with van der Waals surface area (Å²) in [6.45, 7) is 4.02. The van der Waals surface area contributed by atoms with Crippen LogP contribution < -0.4 is 0 Å². The van der Waals surface area contributed by atoms with Gasteiger partial charge in [-0.15, -0.1) is 0 Å². The van der Waals surface area contributed by atoms with E-state index < -0.39 is 6.10 Å². The van der Waals surface area contributed by atoms with E-state index in [-0.39, 0.29) is 25.2 Å². The fourth-order valence-corrected chi connectivity index (χ4v) is 8.37. The van der Waals surface area contributed by atoms with Gasteiger partial charge < -0.3 is 14.6 Å². The Hall–Kier alpha value is -3.44. The second-order valence-electron chi connectivity index (χ2n) is 19.7. The van der Waals surface area contributed by atoms with E-state index in [1.54, 1.807) is 0 Å². The van der Waals surface area contributed by atoms with Crippen molar-refractivity contribution in [2.75, 3.05) is 13.2 Å². The van der Waals surface area contributed by atoms with Crippen molar-refractivity contribution in [1.82, 2.24) is 0 Å². The van der Waals surface area contributed by atoms with Gasteiger partial charge in [0.1, 0.15) is 6.61 Å². The van der Waals surface area contributed by atoms with Gasteiger partial charge >= 0.3 is 11.9 Å². The van der Waals surface area contributed by atoms with Gasteiger partial charge in [0, 0.05) is 12.8 Å². The van der Waals surface area contributed by atoms with E-state index in [0.29, 0.717) is 12.8 Å². The molecule has 0 amide bonds. The lowest BCUT2D eigenvalue weighted by Crippen LogP contribution is -2.28. The van der Waals surface area contributed by atoms with Crippen LogP contribution in [0.2, 0.25) is 0 Å². The van der Waals surface area contributed by atoms with Crippen molar-refractivity contribution in [3.63, 3.8) is 0 Å². The maximum Gasteiger partial charge on any atom is 0.306 e. The molecule has 0 aromatic heterocycles. The van der Waals surface area contributed by atoms with E-state index >= 15 is 0 Å². The average Bonchev–Trinajstić information content (AvgIpc) is 3.37. The minimum absolute atomic E-state index is 0.0829. The van der Waals surface area contributed by atoms with Crippen molar-refractivity contribution >= 4 is 11.9 Å². The molecule has 1 N–H and O–H groups in total. The van der Waals surface area contributed by atoms with Gasteiger partial charge in [0.05, 0.1) is 6.61 Å². The van der Waals surface area contributed by atoms with Crippen LogP contribution in [-0.4, -0.2) is 36.4 Å². The SMILES string of the molecule is CC/C=C\C/C=C\C/C=C\C/C=C\C/C=C\C/C=C\C/C=C\C/C=C\C/C=C\CCCCCC(=O)OC(CO)COC(=O)CCCCCCCCCCCCCCCCCCCCCCCCCCCC. The molecule has 1 atom stereocenters. The summed E-state index contributed by atoms with van der Waals surface area (Å²) in [7, 11) is 0. The molecule has 0 aliphatic carbocycles. The van der Waals surface area contributed by atoms with E-state index in [0.717, 1.165) is 103 Å². The number of carbonyl (C=O) groups is 2. The lowest BCUT2D eigenvalue weighted by atomic mass is 10.0. The molecule has 0 saturated heterocycles. The molecule has 0 aromatic carbocycles. The second-order valence-corrected chi connectivity index (χ2v) is 19.7. The highest BCUT2D eigenvalue weighted by atomic mass is 16.6. The van der Waals surface area contributed by atoms with E-state index in [2.05, 4.69) is 123 Å². The zero-order valence-corrected chi connectivity index (χ0v) is 46.5. The van der Waals surface area contributed by atoms with Crippen molar-refractivity contribution in [2.45, 2.75) is 283 Å². The molecule has 0 heterocycles. The van der Waals surface area contributed by atoms with E-state index in [9.17, 15) is 14.7 Å². The smallest absolute Gasteiger partial charge is 0.306 e. The van der Waals surface area contributed by atoms with Crippen molar-refractivity contribution in [3.8, 4) is 0 Å². The number of allylic oxidation sites excluding steroid dienone is 18. The summed E-state index contributed by atoms with van der Waals surface area (Å²) in [6.07, 6.45) is 87.9. The first kappa shape index (κ1) is 67.6. The predicted molar refractivity (Wildman–Crippen MR) is 311 cm³/mol. The standard InChI is InChI=1S/C66H112O5/c1-3-5-7-9-11-13-15-17-19-21-23-25-27-29-31-32-33-34-35-37-39-41-43-45-47-49-51-53-55-57-59-61-66(69)71-64(62-67)63-70-65(68)60-58-56-54-52-50-48-46-44-42-40-38-36-30-28-26-24-22-20-18-16-14-12-10-8-6-4-2/h5,7,11,13,17,19,23,25,29,31,33-34,37,39,43,45,49,51,64,67H,3-4,6,8-10,12,14-16,18,20-22,24,26-28,30,32,35-36,38,40-42,44,46-48,50,52-63H2,1-2H3/b7-5-,13-11-,19-17-,25-23-,31-29-,34-33-,39-37-,45-43-,51-49-. The van der Waals surface area contributed by atoms with Gasteiger partial charge in [-0.1, -0.05) is 290 Å². The maximum absolute atomic E-state index is 12.3. The Bertz CT molecular complexity index is 1390. The summed E-state index contributed by atoms with van der Waals surface area (Å²) in [6, 6.07) is 0. The topological polar surface area (TPSA) is 72.8 Å². The molecular weight excluding hydrogens is 873 g/mol. The molecule has 0 aromatic rings. The van der Waals surface area contributed by atoms with Crippen molar-refractivity contribution in [2.24, 2.45) is 0 Å². The normalized spacial score (nSPS) is 13.0. The third-order valence-electron chi connectivity index (χ3n) is 12.8. The van der Waals surface area contributed by atoms with Crippen molar-refractivity contribution in [3.05, 3.63) is 109 Å². The van der Waals surface area contributed by atoms with Crippen LogP contribution in [0.15, 0.2) is 109 Å². The predicted octanol–water partition coefficient (Wildman–Crippen LogP) is 20.5. The minimum Gasteiger partial charge on any atom is -0.462 e. The first-order valence-electron chi connectivity index (χ1n) is 29.9. The van der Waals surface area contributed by atoms with Crippen molar-refractivity contribution < 1.29 is 24.2 Å². The summed E-state index contributed by atoms with van der Waals surface area (Å²) in [5.74, 6) is -0.625. The number of ether oxygens (including phenoxy) is 2. The molecule has 5 nitrogen and oxygen atoms in total. The van der Waals surface area contributed by atoms with Crippen LogP contribution in [0.4, 0.5) is 0 Å². The molecule has 0 fully saturated rings. The summed E-state index contributed by atoms with van der Waals surface area (Å²) in [5, 5.41) is 9.66. The summed E-state index contributed by atoms with van der Waals surface area (Å²) in [5.41, 5.74) is 0. The average molecular weight is 986 g/mol. The zero-order valence-electron chi connectivity index (χ0n) is 46.5. The molecule has 0 aliphatic heterocycles.